The summed E-state index contributed by atoms with van der Waals surface area (Å²) >= 11 is 0. The SMILES string of the molecule is COc1ccccc1NC(=O)C(C)Oc1ccc2c(c1)NC(=O)CO2. The maximum absolute atomic E-state index is 12.3. The normalized spacial score (nSPS) is 13.8. The summed E-state index contributed by atoms with van der Waals surface area (Å²) in [6.45, 7) is 1.63. The number of rotatable bonds is 5. The van der Waals surface area contributed by atoms with E-state index >= 15 is 0 Å². The van der Waals surface area contributed by atoms with E-state index in [1.54, 1.807) is 43.3 Å². The summed E-state index contributed by atoms with van der Waals surface area (Å²) in [4.78, 5) is 23.7. The van der Waals surface area contributed by atoms with Crippen LogP contribution in [0.2, 0.25) is 0 Å². The van der Waals surface area contributed by atoms with E-state index in [1.807, 2.05) is 6.07 Å². The Hall–Kier alpha value is -3.22. The third kappa shape index (κ3) is 3.82. The molecular weight excluding hydrogens is 324 g/mol. The highest BCUT2D eigenvalue weighted by Crippen LogP contribution is 2.32. The molecule has 0 aliphatic carbocycles. The number of nitrogens with one attached hydrogen (secondary N) is 2. The Morgan fingerprint density at radius 1 is 1.28 bits per heavy atom. The van der Waals surface area contributed by atoms with Gasteiger partial charge in [0.1, 0.15) is 17.2 Å². The van der Waals surface area contributed by atoms with E-state index in [9.17, 15) is 9.59 Å². The second kappa shape index (κ2) is 7.12. The molecule has 25 heavy (non-hydrogen) atoms. The largest absolute Gasteiger partial charge is 0.495 e. The van der Waals surface area contributed by atoms with Crippen LogP contribution >= 0.6 is 0 Å². The summed E-state index contributed by atoms with van der Waals surface area (Å²) in [6.07, 6.45) is -0.747. The zero-order valence-electron chi connectivity index (χ0n) is 13.9. The standard InChI is InChI=1S/C18H18N2O5/c1-11(18(22)20-13-5-3-4-6-15(13)23-2)25-12-7-8-16-14(9-12)19-17(21)10-24-16/h3-9,11H,10H2,1-2H3,(H,19,21)(H,20,22). The summed E-state index contributed by atoms with van der Waals surface area (Å²) in [5, 5.41) is 5.46. The van der Waals surface area contributed by atoms with E-state index < -0.39 is 6.10 Å². The predicted molar refractivity (Wildman–Crippen MR) is 92.3 cm³/mol. The van der Waals surface area contributed by atoms with Gasteiger partial charge in [0, 0.05) is 6.07 Å². The number of fused-ring (bicyclic) bond motifs is 1. The topological polar surface area (TPSA) is 85.9 Å². The van der Waals surface area contributed by atoms with Crippen LogP contribution in [0, 0.1) is 0 Å². The maximum Gasteiger partial charge on any atom is 0.265 e. The molecule has 0 spiro atoms. The fourth-order valence-electron chi connectivity index (χ4n) is 2.38. The van der Waals surface area contributed by atoms with Crippen LogP contribution in [0.5, 0.6) is 17.2 Å². The van der Waals surface area contributed by atoms with Gasteiger partial charge in [-0.05, 0) is 31.2 Å². The lowest BCUT2D eigenvalue weighted by molar-refractivity contribution is -0.122. The fourth-order valence-corrected chi connectivity index (χ4v) is 2.38. The molecular formula is C18H18N2O5. The zero-order valence-corrected chi connectivity index (χ0v) is 13.9. The van der Waals surface area contributed by atoms with Crippen LogP contribution in [0.25, 0.3) is 0 Å². The first-order chi connectivity index (χ1) is 12.1. The number of hydrogen-bond donors (Lipinski definition) is 2. The molecule has 7 nitrogen and oxygen atoms in total. The van der Waals surface area contributed by atoms with Crippen molar-refractivity contribution >= 4 is 23.2 Å². The minimum atomic E-state index is -0.747. The minimum absolute atomic E-state index is 0.00901. The van der Waals surface area contributed by atoms with Gasteiger partial charge in [-0.2, -0.15) is 0 Å². The van der Waals surface area contributed by atoms with E-state index in [2.05, 4.69) is 10.6 Å². The van der Waals surface area contributed by atoms with Gasteiger partial charge in [0.05, 0.1) is 18.5 Å². The number of benzene rings is 2. The Balaban J connectivity index is 1.67. The van der Waals surface area contributed by atoms with E-state index in [4.69, 9.17) is 14.2 Å². The van der Waals surface area contributed by atoms with Gasteiger partial charge >= 0.3 is 0 Å². The van der Waals surface area contributed by atoms with Crippen molar-refractivity contribution in [2.45, 2.75) is 13.0 Å². The Bertz CT molecular complexity index is 806. The molecule has 1 atom stereocenters. The summed E-state index contributed by atoms with van der Waals surface area (Å²) in [6, 6.07) is 12.1. The molecule has 0 bridgehead atoms. The monoisotopic (exact) mass is 342 g/mol. The highest BCUT2D eigenvalue weighted by molar-refractivity contribution is 5.96. The number of hydrogen-bond acceptors (Lipinski definition) is 5. The average molecular weight is 342 g/mol. The van der Waals surface area contributed by atoms with Crippen LogP contribution in [0.15, 0.2) is 42.5 Å². The molecule has 2 aromatic carbocycles. The minimum Gasteiger partial charge on any atom is -0.495 e. The first-order valence-corrected chi connectivity index (χ1v) is 7.74. The number of carbonyl (C=O) groups excluding carboxylic acids is 2. The van der Waals surface area contributed by atoms with Crippen molar-refractivity contribution in [1.29, 1.82) is 0 Å². The van der Waals surface area contributed by atoms with E-state index in [1.165, 1.54) is 7.11 Å². The lowest BCUT2D eigenvalue weighted by Crippen LogP contribution is -2.30. The molecule has 0 radical (unpaired) electrons. The van der Waals surface area contributed by atoms with Gasteiger partial charge in [0.15, 0.2) is 12.7 Å². The molecule has 0 aromatic heterocycles. The Morgan fingerprint density at radius 2 is 2.08 bits per heavy atom. The first-order valence-electron chi connectivity index (χ1n) is 7.74. The van der Waals surface area contributed by atoms with Gasteiger partial charge in [-0.25, -0.2) is 0 Å². The molecule has 1 aliphatic heterocycles. The summed E-state index contributed by atoms with van der Waals surface area (Å²) in [7, 11) is 1.54. The van der Waals surface area contributed by atoms with Crippen molar-refractivity contribution < 1.29 is 23.8 Å². The molecule has 2 N–H and O–H groups in total. The molecule has 130 valence electrons. The number of ether oxygens (including phenoxy) is 3. The van der Waals surface area contributed by atoms with Crippen molar-refractivity contribution in [2.75, 3.05) is 24.4 Å². The van der Waals surface area contributed by atoms with Gasteiger partial charge in [0.2, 0.25) is 0 Å². The molecule has 2 amide bonds. The molecule has 3 rings (SSSR count). The molecule has 0 saturated heterocycles. The Labute approximate surface area is 144 Å². The van der Waals surface area contributed by atoms with Crippen molar-refractivity contribution in [3.63, 3.8) is 0 Å². The zero-order chi connectivity index (χ0) is 17.8. The highest BCUT2D eigenvalue weighted by Gasteiger charge is 2.19. The van der Waals surface area contributed by atoms with Crippen LogP contribution < -0.4 is 24.8 Å². The van der Waals surface area contributed by atoms with E-state index in [-0.39, 0.29) is 18.4 Å². The number of carbonyl (C=O) groups is 2. The second-order valence-electron chi connectivity index (χ2n) is 5.44. The smallest absolute Gasteiger partial charge is 0.265 e. The van der Waals surface area contributed by atoms with Gasteiger partial charge in [-0.1, -0.05) is 12.1 Å². The number of methoxy groups -OCH3 is 1. The first kappa shape index (κ1) is 16.6. The Morgan fingerprint density at radius 3 is 2.88 bits per heavy atom. The van der Waals surface area contributed by atoms with E-state index in [0.717, 1.165) is 0 Å². The van der Waals surface area contributed by atoms with Gasteiger partial charge < -0.3 is 24.8 Å². The third-order valence-corrected chi connectivity index (χ3v) is 3.63. The third-order valence-electron chi connectivity index (χ3n) is 3.63. The molecule has 7 heteroatoms. The summed E-state index contributed by atoms with van der Waals surface area (Å²) < 4.78 is 16.2. The van der Waals surface area contributed by atoms with Crippen LogP contribution in [-0.4, -0.2) is 31.6 Å². The Kier molecular flexibility index (Phi) is 4.74. The summed E-state index contributed by atoms with van der Waals surface area (Å²) in [5.74, 6) is 1.04. The average Bonchev–Trinajstić information content (AvgIpc) is 2.61. The lowest BCUT2D eigenvalue weighted by atomic mass is 10.2. The predicted octanol–water partition coefficient (Wildman–Crippen LogP) is 2.43. The molecule has 2 aromatic rings. The van der Waals surface area contributed by atoms with Crippen molar-refractivity contribution in [1.82, 2.24) is 0 Å². The van der Waals surface area contributed by atoms with Crippen LogP contribution in [0.4, 0.5) is 11.4 Å². The van der Waals surface area contributed by atoms with Crippen molar-refractivity contribution in [3.8, 4) is 17.2 Å². The van der Waals surface area contributed by atoms with Crippen LogP contribution in [0.1, 0.15) is 6.92 Å². The second-order valence-corrected chi connectivity index (χ2v) is 5.44. The number of anilines is 2. The van der Waals surface area contributed by atoms with Crippen LogP contribution in [0.3, 0.4) is 0 Å². The van der Waals surface area contributed by atoms with Gasteiger partial charge in [-0.3, -0.25) is 9.59 Å². The van der Waals surface area contributed by atoms with Crippen molar-refractivity contribution in [3.05, 3.63) is 42.5 Å². The molecule has 1 unspecified atom stereocenters. The van der Waals surface area contributed by atoms with Gasteiger partial charge in [0.25, 0.3) is 11.8 Å². The highest BCUT2D eigenvalue weighted by atomic mass is 16.5. The molecule has 1 heterocycles. The quantitative estimate of drug-likeness (QED) is 0.872. The molecule has 0 saturated carbocycles. The van der Waals surface area contributed by atoms with Gasteiger partial charge in [-0.15, -0.1) is 0 Å². The molecule has 0 fully saturated rings. The number of para-hydroxylation sites is 2. The van der Waals surface area contributed by atoms with Crippen molar-refractivity contribution in [2.24, 2.45) is 0 Å². The fraction of sp³-hybridized carbons (Fsp3) is 0.222. The number of amides is 2. The van der Waals surface area contributed by atoms with Crippen LogP contribution in [-0.2, 0) is 9.59 Å². The maximum atomic E-state index is 12.3. The summed E-state index contributed by atoms with van der Waals surface area (Å²) in [5.41, 5.74) is 1.09. The lowest BCUT2D eigenvalue weighted by Gasteiger charge is -2.20. The van der Waals surface area contributed by atoms with E-state index in [0.29, 0.717) is 28.6 Å². The molecule has 1 aliphatic rings.